The van der Waals surface area contributed by atoms with Gasteiger partial charge in [-0.25, -0.2) is 0 Å². The zero-order chi connectivity index (χ0) is 22.1. The van der Waals surface area contributed by atoms with Crippen molar-refractivity contribution in [2.24, 2.45) is 0 Å². The van der Waals surface area contributed by atoms with Crippen LogP contribution < -0.4 is 5.32 Å². The molecule has 0 aliphatic carbocycles. The van der Waals surface area contributed by atoms with E-state index in [0.717, 1.165) is 4.90 Å². The fraction of sp³-hybridized carbons (Fsp3) is 0.364. The standard InChI is InChI=1S/C22H25Cl3N2O2S/c1-3-20(22(29)26-4-2)27(14-17-18(24)6-5-7-19(17)25)21(28)12-13-30-16-10-8-15(23)9-11-16/h5-11,20H,3-4,12-14H2,1-2H3,(H,26,29). The molecule has 2 aromatic carbocycles. The molecule has 0 radical (unpaired) electrons. The maximum atomic E-state index is 13.1. The molecule has 0 bridgehead atoms. The number of nitrogens with one attached hydrogen (secondary N) is 1. The molecule has 30 heavy (non-hydrogen) atoms. The second-order valence-corrected chi connectivity index (χ2v) is 9.01. The minimum atomic E-state index is -0.592. The highest BCUT2D eigenvalue weighted by Crippen LogP contribution is 2.28. The predicted octanol–water partition coefficient (Wildman–Crippen LogP) is 6.07. The molecule has 0 fully saturated rings. The maximum Gasteiger partial charge on any atom is 0.242 e. The van der Waals surface area contributed by atoms with Gasteiger partial charge in [0.05, 0.1) is 0 Å². The Balaban J connectivity index is 2.17. The smallest absolute Gasteiger partial charge is 0.242 e. The Bertz CT molecular complexity index is 842. The van der Waals surface area contributed by atoms with Crippen LogP contribution in [0.5, 0.6) is 0 Å². The first kappa shape index (κ1) is 24.9. The number of carbonyl (C=O) groups is 2. The maximum absolute atomic E-state index is 13.1. The fourth-order valence-corrected chi connectivity index (χ4v) is 4.48. The van der Waals surface area contributed by atoms with Gasteiger partial charge >= 0.3 is 0 Å². The monoisotopic (exact) mass is 486 g/mol. The van der Waals surface area contributed by atoms with E-state index < -0.39 is 6.04 Å². The summed E-state index contributed by atoms with van der Waals surface area (Å²) < 4.78 is 0. The molecule has 2 amide bonds. The molecule has 162 valence electrons. The average Bonchev–Trinajstić information content (AvgIpc) is 2.71. The zero-order valence-corrected chi connectivity index (χ0v) is 20.0. The Morgan fingerprint density at radius 2 is 1.67 bits per heavy atom. The lowest BCUT2D eigenvalue weighted by atomic mass is 10.1. The van der Waals surface area contributed by atoms with Crippen LogP contribution in [-0.4, -0.2) is 35.1 Å². The number of carbonyl (C=O) groups excluding carboxylic acids is 2. The Kier molecular flexibility index (Phi) is 10.3. The largest absolute Gasteiger partial charge is 0.355 e. The van der Waals surface area contributed by atoms with E-state index in [1.54, 1.807) is 34.9 Å². The number of benzene rings is 2. The van der Waals surface area contributed by atoms with Gasteiger partial charge in [0.2, 0.25) is 11.8 Å². The van der Waals surface area contributed by atoms with Crippen molar-refractivity contribution in [2.45, 2.75) is 44.2 Å². The highest BCUT2D eigenvalue weighted by molar-refractivity contribution is 7.99. The molecule has 0 heterocycles. The molecule has 1 unspecified atom stereocenters. The van der Waals surface area contributed by atoms with Gasteiger partial charge in [0, 0.05) is 50.8 Å². The molecule has 0 saturated carbocycles. The molecule has 4 nitrogen and oxygen atoms in total. The van der Waals surface area contributed by atoms with Crippen LogP contribution in [0.2, 0.25) is 15.1 Å². The van der Waals surface area contributed by atoms with Crippen LogP contribution in [0.3, 0.4) is 0 Å². The van der Waals surface area contributed by atoms with Gasteiger partial charge in [-0.2, -0.15) is 0 Å². The minimum absolute atomic E-state index is 0.120. The molecule has 2 rings (SSSR count). The summed E-state index contributed by atoms with van der Waals surface area (Å²) in [6, 6.07) is 12.1. The van der Waals surface area contributed by atoms with Gasteiger partial charge in [0.1, 0.15) is 6.04 Å². The Labute approximate surface area is 197 Å². The van der Waals surface area contributed by atoms with Crippen molar-refractivity contribution in [3.63, 3.8) is 0 Å². The Hall–Kier alpha value is -1.40. The van der Waals surface area contributed by atoms with E-state index in [4.69, 9.17) is 34.8 Å². The predicted molar refractivity (Wildman–Crippen MR) is 127 cm³/mol. The van der Waals surface area contributed by atoms with E-state index in [1.165, 1.54) is 0 Å². The Morgan fingerprint density at radius 3 is 2.23 bits per heavy atom. The van der Waals surface area contributed by atoms with Gasteiger partial charge in [-0.3, -0.25) is 9.59 Å². The van der Waals surface area contributed by atoms with Gasteiger partial charge in [0.15, 0.2) is 0 Å². The number of hydrogen-bond donors (Lipinski definition) is 1. The van der Waals surface area contributed by atoms with E-state index in [0.29, 0.717) is 39.3 Å². The van der Waals surface area contributed by atoms with Crippen molar-refractivity contribution >= 4 is 58.4 Å². The number of likely N-dealkylation sites (N-methyl/N-ethyl adjacent to an activating group) is 1. The zero-order valence-electron chi connectivity index (χ0n) is 17.0. The molecule has 0 aromatic heterocycles. The first-order chi connectivity index (χ1) is 14.4. The third kappa shape index (κ3) is 7.09. The van der Waals surface area contributed by atoms with Gasteiger partial charge in [-0.05, 0) is 49.7 Å². The third-order valence-electron chi connectivity index (χ3n) is 4.53. The van der Waals surface area contributed by atoms with Crippen LogP contribution in [0.15, 0.2) is 47.4 Å². The lowest BCUT2D eigenvalue weighted by Crippen LogP contribution is -2.49. The molecule has 0 aliphatic heterocycles. The lowest BCUT2D eigenvalue weighted by Gasteiger charge is -2.31. The molecule has 1 atom stereocenters. The topological polar surface area (TPSA) is 49.4 Å². The summed E-state index contributed by atoms with van der Waals surface area (Å²) in [5.74, 6) is 0.284. The van der Waals surface area contributed by atoms with Crippen molar-refractivity contribution in [1.82, 2.24) is 10.2 Å². The van der Waals surface area contributed by atoms with Gasteiger partial charge in [-0.15, -0.1) is 11.8 Å². The number of rotatable bonds is 10. The first-order valence-corrected chi connectivity index (χ1v) is 11.9. The summed E-state index contributed by atoms with van der Waals surface area (Å²) in [6.45, 7) is 4.41. The average molecular weight is 488 g/mol. The van der Waals surface area contributed by atoms with Gasteiger partial charge in [-0.1, -0.05) is 47.8 Å². The van der Waals surface area contributed by atoms with Crippen molar-refractivity contribution in [2.75, 3.05) is 12.3 Å². The van der Waals surface area contributed by atoms with Gasteiger partial charge < -0.3 is 10.2 Å². The second kappa shape index (κ2) is 12.5. The van der Waals surface area contributed by atoms with Crippen LogP contribution in [0.1, 0.15) is 32.3 Å². The molecular formula is C22H25Cl3N2O2S. The van der Waals surface area contributed by atoms with E-state index in [9.17, 15) is 9.59 Å². The van der Waals surface area contributed by atoms with Crippen LogP contribution in [0, 0.1) is 0 Å². The number of nitrogens with zero attached hydrogens (tertiary/aromatic N) is 1. The fourth-order valence-electron chi connectivity index (χ4n) is 3.00. The molecule has 0 aliphatic rings. The number of amides is 2. The highest BCUT2D eigenvalue weighted by Gasteiger charge is 2.29. The van der Waals surface area contributed by atoms with Crippen LogP contribution in [0.4, 0.5) is 0 Å². The minimum Gasteiger partial charge on any atom is -0.355 e. The number of hydrogen-bond acceptors (Lipinski definition) is 3. The molecule has 8 heteroatoms. The molecule has 1 N–H and O–H groups in total. The van der Waals surface area contributed by atoms with E-state index >= 15 is 0 Å². The number of halogens is 3. The molecule has 2 aromatic rings. The van der Waals surface area contributed by atoms with E-state index in [2.05, 4.69) is 5.32 Å². The van der Waals surface area contributed by atoms with Crippen molar-refractivity contribution in [3.8, 4) is 0 Å². The third-order valence-corrected chi connectivity index (χ3v) is 6.50. The number of thioether (sulfide) groups is 1. The molecular weight excluding hydrogens is 463 g/mol. The van der Waals surface area contributed by atoms with Crippen LogP contribution in [-0.2, 0) is 16.1 Å². The Morgan fingerprint density at radius 1 is 1.03 bits per heavy atom. The summed E-state index contributed by atoms with van der Waals surface area (Å²) in [7, 11) is 0. The van der Waals surface area contributed by atoms with Crippen LogP contribution >= 0.6 is 46.6 Å². The lowest BCUT2D eigenvalue weighted by molar-refractivity contribution is -0.141. The SMILES string of the molecule is CCNC(=O)C(CC)N(Cc1c(Cl)cccc1Cl)C(=O)CCSc1ccc(Cl)cc1. The summed E-state index contributed by atoms with van der Waals surface area (Å²) >= 11 is 20.1. The summed E-state index contributed by atoms with van der Waals surface area (Å²) in [6.07, 6.45) is 0.773. The summed E-state index contributed by atoms with van der Waals surface area (Å²) in [5.41, 5.74) is 0.641. The molecule has 0 spiro atoms. The molecule has 0 saturated heterocycles. The van der Waals surface area contributed by atoms with Gasteiger partial charge in [0.25, 0.3) is 0 Å². The van der Waals surface area contributed by atoms with Crippen molar-refractivity contribution < 1.29 is 9.59 Å². The van der Waals surface area contributed by atoms with Crippen molar-refractivity contribution in [1.29, 1.82) is 0 Å². The quantitative estimate of drug-likeness (QED) is 0.414. The van der Waals surface area contributed by atoms with E-state index in [-0.39, 0.29) is 24.8 Å². The summed E-state index contributed by atoms with van der Waals surface area (Å²) in [4.78, 5) is 28.4. The summed E-state index contributed by atoms with van der Waals surface area (Å²) in [5, 5.41) is 4.44. The van der Waals surface area contributed by atoms with E-state index in [1.807, 2.05) is 38.1 Å². The van der Waals surface area contributed by atoms with Crippen LogP contribution in [0.25, 0.3) is 0 Å². The first-order valence-electron chi connectivity index (χ1n) is 9.75. The van der Waals surface area contributed by atoms with Crippen molar-refractivity contribution in [3.05, 3.63) is 63.1 Å². The highest BCUT2D eigenvalue weighted by atomic mass is 35.5. The normalized spacial score (nSPS) is 11.8. The second-order valence-electron chi connectivity index (χ2n) is 6.59.